The van der Waals surface area contributed by atoms with E-state index in [2.05, 4.69) is 16.8 Å². The van der Waals surface area contributed by atoms with Gasteiger partial charge in [0, 0.05) is 39.3 Å². The molecular formula is C13H20FN3. The maximum absolute atomic E-state index is 13.3. The molecule has 1 saturated heterocycles. The molecule has 1 heterocycles. The molecule has 1 aliphatic heterocycles. The second-order valence-corrected chi connectivity index (χ2v) is 4.75. The maximum Gasteiger partial charge on any atom is 0.123 e. The number of hydrogen-bond acceptors (Lipinski definition) is 3. The van der Waals surface area contributed by atoms with Gasteiger partial charge in [0.15, 0.2) is 0 Å². The molecule has 0 aromatic heterocycles. The second kappa shape index (κ2) is 5.58. The van der Waals surface area contributed by atoms with Gasteiger partial charge in [-0.05, 0) is 30.3 Å². The Balaban J connectivity index is 2.00. The molecular weight excluding hydrogens is 217 g/mol. The molecule has 4 heteroatoms. The standard InChI is InChI=1S/C13H20FN3/c1-16-2-4-17(5-3-16)10-12-6-11(9-15)7-13(14)8-12/h6-8H,2-5,9-10,15H2,1H3. The molecule has 17 heavy (non-hydrogen) atoms. The Bertz CT molecular complexity index is 373. The zero-order valence-corrected chi connectivity index (χ0v) is 10.3. The largest absolute Gasteiger partial charge is 0.326 e. The summed E-state index contributed by atoms with van der Waals surface area (Å²) in [5, 5.41) is 0. The molecule has 0 spiro atoms. The number of nitrogens with zero attached hydrogens (tertiary/aromatic N) is 2. The van der Waals surface area contributed by atoms with E-state index < -0.39 is 0 Å². The zero-order valence-electron chi connectivity index (χ0n) is 10.3. The molecule has 1 fully saturated rings. The molecule has 0 bridgehead atoms. The summed E-state index contributed by atoms with van der Waals surface area (Å²) in [6.45, 7) is 5.47. The lowest BCUT2D eigenvalue weighted by atomic mass is 10.1. The molecule has 94 valence electrons. The fourth-order valence-electron chi connectivity index (χ4n) is 2.19. The van der Waals surface area contributed by atoms with Crippen molar-refractivity contribution in [3.8, 4) is 0 Å². The lowest BCUT2D eigenvalue weighted by molar-refractivity contribution is 0.148. The highest BCUT2D eigenvalue weighted by Gasteiger charge is 2.14. The normalized spacial score (nSPS) is 18.5. The number of benzene rings is 1. The summed E-state index contributed by atoms with van der Waals surface area (Å²) < 4.78 is 13.3. The van der Waals surface area contributed by atoms with Gasteiger partial charge in [-0.15, -0.1) is 0 Å². The highest BCUT2D eigenvalue weighted by atomic mass is 19.1. The van der Waals surface area contributed by atoms with E-state index in [-0.39, 0.29) is 5.82 Å². The van der Waals surface area contributed by atoms with Gasteiger partial charge in [0.1, 0.15) is 5.82 Å². The predicted molar refractivity (Wildman–Crippen MR) is 67.1 cm³/mol. The minimum absolute atomic E-state index is 0.183. The fourth-order valence-corrected chi connectivity index (χ4v) is 2.19. The third-order valence-corrected chi connectivity index (χ3v) is 3.26. The van der Waals surface area contributed by atoms with Crippen LogP contribution in [-0.2, 0) is 13.1 Å². The maximum atomic E-state index is 13.3. The Hall–Kier alpha value is -0.970. The zero-order chi connectivity index (χ0) is 12.3. The van der Waals surface area contributed by atoms with Crippen LogP contribution in [0.4, 0.5) is 4.39 Å². The van der Waals surface area contributed by atoms with Crippen LogP contribution in [0.15, 0.2) is 18.2 Å². The Labute approximate surface area is 102 Å². The summed E-state index contributed by atoms with van der Waals surface area (Å²) in [6.07, 6.45) is 0. The predicted octanol–water partition coefficient (Wildman–Crippen LogP) is 1.03. The first-order valence-corrected chi connectivity index (χ1v) is 6.06. The number of hydrogen-bond donors (Lipinski definition) is 1. The first-order valence-electron chi connectivity index (χ1n) is 6.06. The van der Waals surface area contributed by atoms with Crippen LogP contribution in [0.1, 0.15) is 11.1 Å². The molecule has 0 atom stereocenters. The molecule has 0 saturated carbocycles. The van der Waals surface area contributed by atoms with Crippen LogP contribution >= 0.6 is 0 Å². The average Bonchev–Trinajstić information content (AvgIpc) is 2.31. The molecule has 2 rings (SSSR count). The number of halogens is 1. The number of likely N-dealkylation sites (N-methyl/N-ethyl adjacent to an activating group) is 1. The van der Waals surface area contributed by atoms with E-state index >= 15 is 0 Å². The Morgan fingerprint density at radius 1 is 1.12 bits per heavy atom. The van der Waals surface area contributed by atoms with Gasteiger partial charge >= 0.3 is 0 Å². The Kier molecular flexibility index (Phi) is 4.10. The van der Waals surface area contributed by atoms with Crippen molar-refractivity contribution in [1.82, 2.24) is 9.80 Å². The summed E-state index contributed by atoms with van der Waals surface area (Å²) in [5.74, 6) is -0.183. The van der Waals surface area contributed by atoms with E-state index in [1.54, 1.807) is 6.07 Å². The third-order valence-electron chi connectivity index (χ3n) is 3.26. The highest BCUT2D eigenvalue weighted by Crippen LogP contribution is 2.12. The van der Waals surface area contributed by atoms with Gasteiger partial charge in [0.05, 0.1) is 0 Å². The van der Waals surface area contributed by atoms with Crippen molar-refractivity contribution in [3.63, 3.8) is 0 Å². The minimum Gasteiger partial charge on any atom is -0.326 e. The van der Waals surface area contributed by atoms with Crippen molar-refractivity contribution in [1.29, 1.82) is 0 Å². The van der Waals surface area contributed by atoms with Crippen LogP contribution in [0, 0.1) is 5.82 Å². The van der Waals surface area contributed by atoms with Gasteiger partial charge < -0.3 is 10.6 Å². The monoisotopic (exact) mass is 237 g/mol. The molecule has 0 radical (unpaired) electrons. The van der Waals surface area contributed by atoms with Gasteiger partial charge in [0.25, 0.3) is 0 Å². The van der Waals surface area contributed by atoms with Crippen molar-refractivity contribution in [2.45, 2.75) is 13.1 Å². The first kappa shape index (κ1) is 12.5. The lowest BCUT2D eigenvalue weighted by Crippen LogP contribution is -2.43. The van der Waals surface area contributed by atoms with Gasteiger partial charge in [-0.2, -0.15) is 0 Å². The minimum atomic E-state index is -0.183. The lowest BCUT2D eigenvalue weighted by Gasteiger charge is -2.32. The molecule has 2 N–H and O–H groups in total. The Morgan fingerprint density at radius 3 is 2.41 bits per heavy atom. The summed E-state index contributed by atoms with van der Waals surface area (Å²) in [6, 6.07) is 5.12. The van der Waals surface area contributed by atoms with Crippen molar-refractivity contribution in [2.75, 3.05) is 33.2 Å². The number of nitrogens with two attached hydrogens (primary N) is 1. The highest BCUT2D eigenvalue weighted by molar-refractivity contribution is 5.24. The van der Waals surface area contributed by atoms with E-state index in [9.17, 15) is 4.39 Å². The molecule has 1 aromatic carbocycles. The van der Waals surface area contributed by atoms with Gasteiger partial charge in [0.2, 0.25) is 0 Å². The molecule has 1 aromatic rings. The van der Waals surface area contributed by atoms with Crippen LogP contribution in [0.5, 0.6) is 0 Å². The van der Waals surface area contributed by atoms with Crippen LogP contribution in [-0.4, -0.2) is 43.0 Å². The molecule has 1 aliphatic rings. The molecule has 0 amide bonds. The van der Waals surface area contributed by atoms with Crippen molar-refractivity contribution in [3.05, 3.63) is 35.1 Å². The second-order valence-electron chi connectivity index (χ2n) is 4.75. The molecule has 0 aliphatic carbocycles. The van der Waals surface area contributed by atoms with E-state index in [4.69, 9.17) is 5.73 Å². The van der Waals surface area contributed by atoms with E-state index in [1.165, 1.54) is 6.07 Å². The average molecular weight is 237 g/mol. The topological polar surface area (TPSA) is 32.5 Å². The smallest absolute Gasteiger partial charge is 0.123 e. The summed E-state index contributed by atoms with van der Waals surface area (Å²) in [7, 11) is 2.13. The number of piperazine rings is 1. The summed E-state index contributed by atoms with van der Waals surface area (Å²) in [4.78, 5) is 4.67. The Morgan fingerprint density at radius 2 is 1.76 bits per heavy atom. The van der Waals surface area contributed by atoms with E-state index in [0.717, 1.165) is 43.9 Å². The van der Waals surface area contributed by atoms with Gasteiger partial charge in [-0.25, -0.2) is 4.39 Å². The van der Waals surface area contributed by atoms with Crippen LogP contribution in [0.25, 0.3) is 0 Å². The van der Waals surface area contributed by atoms with Gasteiger partial charge in [-0.1, -0.05) is 6.07 Å². The van der Waals surface area contributed by atoms with E-state index in [0.29, 0.717) is 6.54 Å². The van der Waals surface area contributed by atoms with Crippen LogP contribution < -0.4 is 5.73 Å². The third kappa shape index (κ3) is 3.49. The summed E-state index contributed by atoms with van der Waals surface area (Å²) in [5.41, 5.74) is 7.44. The SMILES string of the molecule is CN1CCN(Cc2cc(F)cc(CN)c2)CC1. The molecule has 3 nitrogen and oxygen atoms in total. The quantitative estimate of drug-likeness (QED) is 0.852. The fraction of sp³-hybridized carbons (Fsp3) is 0.538. The van der Waals surface area contributed by atoms with Gasteiger partial charge in [-0.3, -0.25) is 4.90 Å². The summed E-state index contributed by atoms with van der Waals surface area (Å²) >= 11 is 0. The number of rotatable bonds is 3. The first-order chi connectivity index (χ1) is 8.17. The van der Waals surface area contributed by atoms with E-state index in [1.807, 2.05) is 6.07 Å². The van der Waals surface area contributed by atoms with Crippen LogP contribution in [0.2, 0.25) is 0 Å². The van der Waals surface area contributed by atoms with Crippen molar-refractivity contribution < 1.29 is 4.39 Å². The van der Waals surface area contributed by atoms with Crippen LogP contribution in [0.3, 0.4) is 0 Å². The van der Waals surface area contributed by atoms with Crippen molar-refractivity contribution >= 4 is 0 Å². The molecule has 0 unspecified atom stereocenters. The van der Waals surface area contributed by atoms with Crippen molar-refractivity contribution in [2.24, 2.45) is 5.73 Å².